The van der Waals surface area contributed by atoms with E-state index in [9.17, 15) is 8.42 Å². The molecule has 1 aliphatic carbocycles. The Labute approximate surface area is 153 Å². The summed E-state index contributed by atoms with van der Waals surface area (Å²) in [7, 11) is -1.84. The molecule has 0 bridgehead atoms. The van der Waals surface area contributed by atoms with Crippen molar-refractivity contribution >= 4 is 21.5 Å². The monoisotopic (exact) mass is 374 g/mol. The number of anilines is 2. The summed E-state index contributed by atoms with van der Waals surface area (Å²) in [5.41, 5.74) is 1.97. The van der Waals surface area contributed by atoms with Gasteiger partial charge in [0.15, 0.2) is 0 Å². The number of nitrogens with zero attached hydrogens (tertiary/aromatic N) is 4. The molecule has 0 aliphatic heterocycles. The van der Waals surface area contributed by atoms with Gasteiger partial charge < -0.3 is 5.32 Å². The van der Waals surface area contributed by atoms with E-state index < -0.39 is 10.0 Å². The van der Waals surface area contributed by atoms with E-state index in [2.05, 4.69) is 25.1 Å². The predicted molar refractivity (Wildman–Crippen MR) is 101 cm³/mol. The zero-order valence-electron chi connectivity index (χ0n) is 15.0. The van der Waals surface area contributed by atoms with Gasteiger partial charge in [-0.3, -0.25) is 9.40 Å². The molecule has 0 radical (unpaired) electrons. The van der Waals surface area contributed by atoms with Crippen molar-refractivity contribution < 1.29 is 8.42 Å². The first-order valence-electron chi connectivity index (χ1n) is 8.28. The maximum atomic E-state index is 12.7. The molecule has 0 fully saturated rings. The van der Waals surface area contributed by atoms with E-state index in [4.69, 9.17) is 0 Å². The Hall–Kier alpha value is -2.68. The lowest BCUT2D eigenvalue weighted by molar-refractivity contribution is 0.606. The van der Waals surface area contributed by atoms with Crippen LogP contribution in [0.2, 0.25) is 0 Å². The Bertz CT molecular complexity index is 947. The van der Waals surface area contributed by atoms with Crippen molar-refractivity contribution in [1.29, 1.82) is 0 Å². The lowest BCUT2D eigenvalue weighted by Gasteiger charge is -2.18. The summed E-state index contributed by atoms with van der Waals surface area (Å²) in [6, 6.07) is 1.79. The van der Waals surface area contributed by atoms with Gasteiger partial charge in [0.2, 0.25) is 0 Å². The molecule has 0 spiro atoms. The fourth-order valence-corrected chi connectivity index (χ4v) is 4.00. The zero-order valence-corrected chi connectivity index (χ0v) is 15.8. The Morgan fingerprint density at radius 3 is 2.73 bits per heavy atom. The van der Waals surface area contributed by atoms with E-state index >= 15 is 0 Å². The van der Waals surface area contributed by atoms with Gasteiger partial charge in [-0.1, -0.05) is 12.2 Å². The van der Waals surface area contributed by atoms with Crippen LogP contribution in [0, 0.1) is 19.8 Å². The number of aryl methyl sites for hydroxylation is 2. The van der Waals surface area contributed by atoms with Crippen LogP contribution >= 0.6 is 0 Å². The summed E-state index contributed by atoms with van der Waals surface area (Å²) in [6.07, 6.45) is 9.10. The van der Waals surface area contributed by atoms with Crippen LogP contribution in [0.4, 0.5) is 11.5 Å². The summed E-state index contributed by atoms with van der Waals surface area (Å²) in [5, 5.41) is 7.46. The minimum atomic E-state index is -3.63. The Morgan fingerprint density at radius 1 is 1.35 bits per heavy atom. The van der Waals surface area contributed by atoms with Gasteiger partial charge in [-0.25, -0.2) is 18.4 Å². The van der Waals surface area contributed by atoms with Crippen LogP contribution in [0.25, 0.3) is 0 Å². The molecule has 0 saturated heterocycles. The van der Waals surface area contributed by atoms with Gasteiger partial charge in [-0.05, 0) is 38.3 Å². The van der Waals surface area contributed by atoms with E-state index in [-0.39, 0.29) is 10.8 Å². The second-order valence-corrected chi connectivity index (χ2v) is 7.89. The van der Waals surface area contributed by atoms with Crippen LogP contribution in [-0.4, -0.2) is 34.7 Å². The summed E-state index contributed by atoms with van der Waals surface area (Å²) in [5.74, 6) is 0.950. The average Bonchev–Trinajstić information content (AvgIpc) is 2.87. The van der Waals surface area contributed by atoms with Crippen LogP contribution in [0.1, 0.15) is 17.8 Å². The quantitative estimate of drug-likeness (QED) is 0.803. The first-order chi connectivity index (χ1) is 12.4. The predicted octanol–water partition coefficient (Wildman–Crippen LogP) is 2.14. The largest absolute Gasteiger partial charge is 0.369 e. The van der Waals surface area contributed by atoms with Crippen molar-refractivity contribution in [3.63, 3.8) is 0 Å². The van der Waals surface area contributed by atoms with Crippen molar-refractivity contribution in [3.8, 4) is 0 Å². The lowest BCUT2D eigenvalue weighted by atomic mass is 10.0. The van der Waals surface area contributed by atoms with E-state index in [1.165, 1.54) is 6.33 Å². The second kappa shape index (κ2) is 7.28. The maximum Gasteiger partial charge on any atom is 0.261 e. The first-order valence-corrected chi connectivity index (χ1v) is 9.76. The smallest absolute Gasteiger partial charge is 0.261 e. The van der Waals surface area contributed by atoms with Crippen LogP contribution in [0.3, 0.4) is 0 Å². The van der Waals surface area contributed by atoms with Gasteiger partial charge in [0, 0.05) is 19.8 Å². The van der Waals surface area contributed by atoms with E-state index in [1.54, 1.807) is 43.1 Å². The number of hydrogen-bond acceptors (Lipinski definition) is 6. The molecule has 9 heteroatoms. The van der Waals surface area contributed by atoms with E-state index in [0.717, 1.165) is 11.5 Å². The summed E-state index contributed by atoms with van der Waals surface area (Å²) >= 11 is 0. The molecule has 26 heavy (non-hydrogen) atoms. The molecule has 2 aromatic heterocycles. The lowest BCUT2D eigenvalue weighted by Crippen LogP contribution is -2.19. The minimum absolute atomic E-state index is 0.200. The molecule has 8 nitrogen and oxygen atoms in total. The van der Waals surface area contributed by atoms with E-state index in [0.29, 0.717) is 24.3 Å². The third kappa shape index (κ3) is 3.93. The molecule has 0 saturated carbocycles. The number of hydrogen-bond donors (Lipinski definition) is 2. The van der Waals surface area contributed by atoms with Gasteiger partial charge in [0.25, 0.3) is 10.0 Å². The molecule has 3 rings (SSSR count). The summed E-state index contributed by atoms with van der Waals surface area (Å²) < 4.78 is 29.6. The van der Waals surface area contributed by atoms with Crippen molar-refractivity contribution in [2.75, 3.05) is 16.6 Å². The number of rotatable bonds is 6. The SMILES string of the molecule is Cc1nn(C)c(C)c1NS(=O)(=O)C1=CCC(CNc2ccncn2)C=C1. The van der Waals surface area contributed by atoms with Crippen LogP contribution in [0.15, 0.2) is 41.7 Å². The minimum Gasteiger partial charge on any atom is -0.369 e. The van der Waals surface area contributed by atoms with Crippen molar-refractivity contribution in [1.82, 2.24) is 19.7 Å². The number of sulfonamides is 1. The fourth-order valence-electron chi connectivity index (χ4n) is 2.74. The Kier molecular flexibility index (Phi) is 5.08. The number of nitrogens with one attached hydrogen (secondary N) is 2. The molecular formula is C17H22N6O2S. The number of aromatic nitrogens is 4. The van der Waals surface area contributed by atoms with Crippen molar-refractivity contribution in [2.24, 2.45) is 13.0 Å². The van der Waals surface area contributed by atoms with Crippen LogP contribution in [0.5, 0.6) is 0 Å². The molecule has 2 aromatic rings. The first kappa shape index (κ1) is 18.1. The standard InChI is InChI=1S/C17H22N6O2S/c1-12-17(13(2)23(3)21-12)22-26(24,25)15-6-4-14(5-7-15)10-19-16-8-9-18-11-20-16/h4,6-9,11,14,22H,5,10H2,1-3H3,(H,18,19,20). The molecule has 2 N–H and O–H groups in total. The molecule has 0 aromatic carbocycles. The highest BCUT2D eigenvalue weighted by atomic mass is 32.2. The third-order valence-corrected chi connectivity index (χ3v) is 5.73. The van der Waals surface area contributed by atoms with Crippen molar-refractivity contribution in [3.05, 3.63) is 53.1 Å². The fraction of sp³-hybridized carbons (Fsp3) is 0.353. The average molecular weight is 374 g/mol. The van der Waals surface area contributed by atoms with Gasteiger partial charge in [0.05, 0.1) is 22.0 Å². The molecular weight excluding hydrogens is 352 g/mol. The van der Waals surface area contributed by atoms with Gasteiger partial charge in [0.1, 0.15) is 12.1 Å². The topological polar surface area (TPSA) is 102 Å². The van der Waals surface area contributed by atoms with Crippen LogP contribution in [-0.2, 0) is 17.1 Å². The molecule has 1 aliphatic rings. The molecule has 2 heterocycles. The maximum absolute atomic E-state index is 12.7. The third-order valence-electron chi connectivity index (χ3n) is 4.34. The highest BCUT2D eigenvalue weighted by molar-refractivity contribution is 7.96. The summed E-state index contributed by atoms with van der Waals surface area (Å²) in [4.78, 5) is 8.25. The summed E-state index contributed by atoms with van der Waals surface area (Å²) in [6.45, 7) is 4.29. The Morgan fingerprint density at radius 2 is 2.15 bits per heavy atom. The highest BCUT2D eigenvalue weighted by Gasteiger charge is 2.22. The van der Waals surface area contributed by atoms with Crippen molar-refractivity contribution in [2.45, 2.75) is 20.3 Å². The number of allylic oxidation sites excluding steroid dienone is 2. The Balaban J connectivity index is 1.63. The molecule has 1 atom stereocenters. The molecule has 138 valence electrons. The van der Waals surface area contributed by atoms with E-state index in [1.807, 2.05) is 13.0 Å². The second-order valence-electron chi connectivity index (χ2n) is 6.21. The van der Waals surface area contributed by atoms with Gasteiger partial charge in [-0.2, -0.15) is 5.10 Å². The van der Waals surface area contributed by atoms with Gasteiger partial charge >= 0.3 is 0 Å². The van der Waals surface area contributed by atoms with Gasteiger partial charge in [-0.15, -0.1) is 0 Å². The highest BCUT2D eigenvalue weighted by Crippen LogP contribution is 2.25. The zero-order chi connectivity index (χ0) is 18.7. The molecule has 0 amide bonds. The van der Waals surface area contributed by atoms with Crippen LogP contribution < -0.4 is 10.0 Å². The normalized spacial score (nSPS) is 17.0. The molecule has 1 unspecified atom stereocenters.